The average molecular weight is 428 g/mol. The Kier molecular flexibility index (Phi) is 6.32. The summed E-state index contributed by atoms with van der Waals surface area (Å²) in [6, 6.07) is 7.88. The maximum absolute atomic E-state index is 13.4. The zero-order valence-corrected chi connectivity index (χ0v) is 18.6. The quantitative estimate of drug-likeness (QED) is 0.674. The molecular weight excluding hydrogens is 394 g/mol. The van der Waals surface area contributed by atoms with Crippen molar-refractivity contribution in [2.45, 2.75) is 56.4 Å². The van der Waals surface area contributed by atoms with Crippen LogP contribution in [0.2, 0.25) is 0 Å². The van der Waals surface area contributed by atoms with E-state index in [0.717, 1.165) is 18.0 Å². The number of methoxy groups -OCH3 is 1. The third-order valence-electron chi connectivity index (χ3n) is 7.37. The maximum Gasteiger partial charge on any atom is 0.240 e. The van der Waals surface area contributed by atoms with Crippen LogP contribution in [-0.4, -0.2) is 78.8 Å². The van der Waals surface area contributed by atoms with Crippen molar-refractivity contribution < 1.29 is 19.1 Å². The number of rotatable bonds is 5. The minimum Gasteiger partial charge on any atom is -0.496 e. The number of likely N-dealkylation sites (N-methyl/N-ethyl adjacent to an activating group) is 1. The Bertz CT molecular complexity index is 843. The van der Waals surface area contributed by atoms with Gasteiger partial charge in [-0.3, -0.25) is 24.2 Å². The van der Waals surface area contributed by atoms with Crippen LogP contribution < -0.4 is 4.74 Å². The molecule has 0 spiro atoms. The number of carbonyl (C=O) groups is 3. The molecule has 1 saturated carbocycles. The minimum atomic E-state index is -1.20. The van der Waals surface area contributed by atoms with Crippen LogP contribution in [0, 0.1) is 0 Å². The molecule has 0 aromatic heterocycles. The van der Waals surface area contributed by atoms with E-state index in [1.165, 1.54) is 39.2 Å². The number of hydrogen-bond donors (Lipinski definition) is 0. The Morgan fingerprint density at radius 3 is 2.35 bits per heavy atom. The van der Waals surface area contributed by atoms with Crippen LogP contribution in [0.15, 0.2) is 24.3 Å². The van der Waals surface area contributed by atoms with Gasteiger partial charge in [-0.05, 0) is 18.9 Å². The molecule has 3 amide bonds. The van der Waals surface area contributed by atoms with Crippen LogP contribution in [0.25, 0.3) is 0 Å². The van der Waals surface area contributed by atoms with Crippen molar-refractivity contribution in [3.63, 3.8) is 0 Å². The van der Waals surface area contributed by atoms with Crippen molar-refractivity contribution in [1.82, 2.24) is 14.7 Å². The van der Waals surface area contributed by atoms with Gasteiger partial charge in [0.15, 0.2) is 0 Å². The summed E-state index contributed by atoms with van der Waals surface area (Å²) < 4.78 is 5.50. The smallest absolute Gasteiger partial charge is 0.240 e. The summed E-state index contributed by atoms with van der Waals surface area (Å²) in [5, 5.41) is 0. The topological polar surface area (TPSA) is 70.2 Å². The van der Waals surface area contributed by atoms with E-state index in [1.54, 1.807) is 19.2 Å². The fraction of sp³-hybridized carbons (Fsp3) is 0.625. The van der Waals surface area contributed by atoms with Gasteiger partial charge >= 0.3 is 0 Å². The van der Waals surface area contributed by atoms with Gasteiger partial charge in [-0.25, -0.2) is 0 Å². The first-order chi connectivity index (χ1) is 15.0. The van der Waals surface area contributed by atoms with Crippen molar-refractivity contribution in [3.8, 4) is 5.75 Å². The van der Waals surface area contributed by atoms with Crippen molar-refractivity contribution in [1.29, 1.82) is 0 Å². The number of benzene rings is 1. The summed E-state index contributed by atoms with van der Waals surface area (Å²) in [4.78, 5) is 44.6. The molecule has 7 heteroatoms. The number of ether oxygens (including phenoxy) is 1. The Morgan fingerprint density at radius 1 is 1.06 bits per heavy atom. The lowest BCUT2D eigenvalue weighted by Gasteiger charge is -2.41. The van der Waals surface area contributed by atoms with Gasteiger partial charge in [0.1, 0.15) is 5.75 Å². The molecule has 2 heterocycles. The van der Waals surface area contributed by atoms with Crippen molar-refractivity contribution in [3.05, 3.63) is 29.8 Å². The average Bonchev–Trinajstić information content (AvgIpc) is 3.03. The lowest BCUT2D eigenvalue weighted by Crippen LogP contribution is -2.53. The van der Waals surface area contributed by atoms with E-state index in [1.807, 2.05) is 17.0 Å². The van der Waals surface area contributed by atoms with E-state index in [4.69, 9.17) is 4.74 Å². The van der Waals surface area contributed by atoms with Gasteiger partial charge in [0.2, 0.25) is 17.7 Å². The lowest BCUT2D eigenvalue weighted by atomic mass is 9.75. The van der Waals surface area contributed by atoms with E-state index in [2.05, 4.69) is 4.90 Å². The molecule has 168 valence electrons. The number of imide groups is 1. The largest absolute Gasteiger partial charge is 0.496 e. The molecule has 1 aromatic rings. The zero-order chi connectivity index (χ0) is 22.0. The number of hydrogen-bond acceptors (Lipinski definition) is 5. The van der Waals surface area contributed by atoms with E-state index in [-0.39, 0.29) is 30.6 Å². The lowest BCUT2D eigenvalue weighted by molar-refractivity contribution is -0.142. The molecule has 1 atom stereocenters. The molecule has 1 aliphatic carbocycles. The number of para-hydroxylation sites is 1. The van der Waals surface area contributed by atoms with Crippen LogP contribution >= 0.6 is 0 Å². The summed E-state index contributed by atoms with van der Waals surface area (Å²) in [5.41, 5.74) is -0.579. The predicted molar refractivity (Wildman–Crippen MR) is 117 cm³/mol. The third-order valence-corrected chi connectivity index (χ3v) is 7.37. The summed E-state index contributed by atoms with van der Waals surface area (Å²) >= 11 is 0. The molecule has 1 aromatic carbocycles. The molecule has 4 rings (SSSR count). The Labute approximate surface area is 184 Å². The van der Waals surface area contributed by atoms with Crippen LogP contribution in [0.1, 0.15) is 50.5 Å². The number of carbonyl (C=O) groups excluding carboxylic acids is 3. The molecule has 7 nitrogen and oxygen atoms in total. The summed E-state index contributed by atoms with van der Waals surface area (Å²) in [6.07, 6.45) is 6.44. The highest BCUT2D eigenvalue weighted by Gasteiger charge is 2.54. The number of likely N-dealkylation sites (tertiary alicyclic amines) is 1. The molecule has 31 heavy (non-hydrogen) atoms. The fourth-order valence-corrected chi connectivity index (χ4v) is 5.52. The summed E-state index contributed by atoms with van der Waals surface area (Å²) in [7, 11) is 3.04. The second-order valence-corrected chi connectivity index (χ2v) is 9.10. The van der Waals surface area contributed by atoms with Crippen LogP contribution in [-0.2, 0) is 19.8 Å². The highest BCUT2D eigenvalue weighted by molar-refractivity contribution is 6.10. The molecular formula is C24H33N3O4. The predicted octanol–water partition coefficient (Wildman–Crippen LogP) is 2.19. The van der Waals surface area contributed by atoms with Crippen LogP contribution in [0.3, 0.4) is 0 Å². The zero-order valence-electron chi connectivity index (χ0n) is 18.6. The molecule has 2 saturated heterocycles. The van der Waals surface area contributed by atoms with Gasteiger partial charge in [0, 0.05) is 57.7 Å². The van der Waals surface area contributed by atoms with Gasteiger partial charge in [0.05, 0.1) is 12.5 Å². The summed E-state index contributed by atoms with van der Waals surface area (Å²) in [5.74, 6) is -0.110. The molecule has 0 radical (unpaired) electrons. The molecule has 0 bridgehead atoms. The second-order valence-electron chi connectivity index (χ2n) is 9.10. The Balaban J connectivity index is 1.51. The molecule has 3 aliphatic rings. The SMILES string of the molecule is COc1ccccc1[C@]1(CC(=O)N2CCN(C3CCCCC3)CC2)CC(=O)N(C)C1=O. The van der Waals surface area contributed by atoms with Crippen molar-refractivity contribution in [2.24, 2.45) is 0 Å². The van der Waals surface area contributed by atoms with E-state index >= 15 is 0 Å². The standard InChI is InChI=1S/C24H33N3O4/c1-25-21(28)16-24(23(25)30,19-10-6-7-11-20(19)31-2)17-22(29)27-14-12-26(13-15-27)18-8-4-3-5-9-18/h6-7,10-11,18H,3-5,8-9,12-17H2,1-2H3/t24-/m1/s1. The number of nitrogens with zero attached hydrogens (tertiary/aromatic N) is 3. The van der Waals surface area contributed by atoms with Crippen molar-refractivity contribution in [2.75, 3.05) is 40.3 Å². The van der Waals surface area contributed by atoms with Gasteiger partial charge in [-0.1, -0.05) is 37.5 Å². The highest BCUT2D eigenvalue weighted by atomic mass is 16.5. The van der Waals surface area contributed by atoms with Crippen LogP contribution in [0.5, 0.6) is 5.75 Å². The van der Waals surface area contributed by atoms with E-state index in [0.29, 0.717) is 30.4 Å². The molecule has 2 aliphatic heterocycles. The maximum atomic E-state index is 13.4. The Morgan fingerprint density at radius 2 is 1.74 bits per heavy atom. The van der Waals surface area contributed by atoms with Gasteiger partial charge in [0.25, 0.3) is 0 Å². The summed E-state index contributed by atoms with van der Waals surface area (Å²) in [6.45, 7) is 3.11. The van der Waals surface area contributed by atoms with E-state index in [9.17, 15) is 14.4 Å². The fourth-order valence-electron chi connectivity index (χ4n) is 5.52. The third kappa shape index (κ3) is 4.07. The number of piperazine rings is 1. The minimum absolute atomic E-state index is 0.00349. The molecule has 0 unspecified atom stereocenters. The first-order valence-electron chi connectivity index (χ1n) is 11.4. The number of amides is 3. The highest BCUT2D eigenvalue weighted by Crippen LogP contribution is 2.43. The first-order valence-corrected chi connectivity index (χ1v) is 11.4. The van der Waals surface area contributed by atoms with Gasteiger partial charge in [-0.15, -0.1) is 0 Å². The van der Waals surface area contributed by atoms with E-state index < -0.39 is 5.41 Å². The monoisotopic (exact) mass is 427 g/mol. The molecule has 0 N–H and O–H groups in total. The molecule has 3 fully saturated rings. The van der Waals surface area contributed by atoms with Crippen LogP contribution in [0.4, 0.5) is 0 Å². The first kappa shape index (κ1) is 21.8. The van der Waals surface area contributed by atoms with Crippen molar-refractivity contribution >= 4 is 17.7 Å². The van der Waals surface area contributed by atoms with Gasteiger partial charge < -0.3 is 9.64 Å². The van der Waals surface area contributed by atoms with Gasteiger partial charge in [-0.2, -0.15) is 0 Å². The Hall–Kier alpha value is -2.41. The second kappa shape index (κ2) is 8.99. The normalized spacial score (nSPS) is 25.9.